The Bertz CT molecular complexity index is 1030. The van der Waals surface area contributed by atoms with Crippen LogP contribution in [0.5, 0.6) is 0 Å². The molecule has 0 spiro atoms. The molecule has 1 N–H and O–H groups in total. The highest BCUT2D eigenvalue weighted by atomic mass is 32.2. The van der Waals surface area contributed by atoms with Gasteiger partial charge in [-0.2, -0.15) is 0 Å². The van der Waals surface area contributed by atoms with Crippen LogP contribution in [0.4, 0.5) is 15.8 Å². The molecule has 0 amide bonds. The van der Waals surface area contributed by atoms with Crippen LogP contribution in [0.15, 0.2) is 42.5 Å². The summed E-state index contributed by atoms with van der Waals surface area (Å²) in [6.45, 7) is 9.99. The summed E-state index contributed by atoms with van der Waals surface area (Å²) < 4.78 is 52.7. The number of halogens is 1. The Kier molecular flexibility index (Phi) is 6.42. The van der Waals surface area contributed by atoms with Crippen LogP contribution in [-0.2, 0) is 25.9 Å². The van der Waals surface area contributed by atoms with Gasteiger partial charge in [0.2, 0.25) is 10.0 Å². The first-order valence-corrected chi connectivity index (χ1v) is 11.9. The third-order valence-corrected chi connectivity index (χ3v) is 7.23. The van der Waals surface area contributed by atoms with E-state index in [1.165, 1.54) is 12.1 Å². The standard InChI is InChI=1S/C22H30BFN2O4S/c1-7-31(27,28)25-19-13-10-17(23-29-21(2,3)22(4,5)30-23)14-20(19)26(6)15-16-8-11-18(24)12-9-16/h8-14,25H,7,15H2,1-6H3. The topological polar surface area (TPSA) is 67.9 Å². The minimum atomic E-state index is -3.46. The predicted octanol–water partition coefficient (Wildman–Crippen LogP) is 3.52. The lowest BCUT2D eigenvalue weighted by Gasteiger charge is -2.32. The summed E-state index contributed by atoms with van der Waals surface area (Å²) in [7, 11) is -2.18. The zero-order valence-electron chi connectivity index (χ0n) is 18.9. The summed E-state index contributed by atoms with van der Waals surface area (Å²) >= 11 is 0. The summed E-state index contributed by atoms with van der Waals surface area (Å²) in [5.41, 5.74) is 1.86. The van der Waals surface area contributed by atoms with Gasteiger partial charge in [-0.05, 0) is 69.9 Å². The maximum absolute atomic E-state index is 13.3. The zero-order valence-corrected chi connectivity index (χ0v) is 19.7. The summed E-state index contributed by atoms with van der Waals surface area (Å²) in [6, 6.07) is 11.6. The molecule has 1 saturated heterocycles. The van der Waals surface area contributed by atoms with Gasteiger partial charge in [-0.3, -0.25) is 4.72 Å². The number of benzene rings is 2. The average Bonchev–Trinajstić information content (AvgIpc) is 2.91. The molecule has 0 radical (unpaired) electrons. The number of rotatable bonds is 7. The van der Waals surface area contributed by atoms with E-state index in [1.807, 2.05) is 51.8 Å². The van der Waals surface area contributed by atoms with Gasteiger partial charge in [-0.15, -0.1) is 0 Å². The molecule has 1 heterocycles. The van der Waals surface area contributed by atoms with Crippen LogP contribution in [-0.4, -0.2) is 39.5 Å². The van der Waals surface area contributed by atoms with Crippen LogP contribution in [0.3, 0.4) is 0 Å². The summed E-state index contributed by atoms with van der Waals surface area (Å²) in [5, 5.41) is 0. The molecule has 6 nitrogen and oxygen atoms in total. The zero-order chi connectivity index (χ0) is 23.0. The second kappa shape index (κ2) is 8.45. The second-order valence-corrected chi connectivity index (χ2v) is 10.9. The largest absolute Gasteiger partial charge is 0.494 e. The quantitative estimate of drug-likeness (QED) is 0.657. The predicted molar refractivity (Wildman–Crippen MR) is 124 cm³/mol. The van der Waals surface area contributed by atoms with Crippen molar-refractivity contribution in [3.8, 4) is 0 Å². The Morgan fingerprint density at radius 3 is 2.16 bits per heavy atom. The highest BCUT2D eigenvalue weighted by Crippen LogP contribution is 2.37. The molecule has 0 saturated carbocycles. The molecule has 31 heavy (non-hydrogen) atoms. The Morgan fingerprint density at radius 2 is 1.61 bits per heavy atom. The van der Waals surface area contributed by atoms with Gasteiger partial charge in [-0.1, -0.05) is 18.2 Å². The van der Waals surface area contributed by atoms with Crippen molar-refractivity contribution >= 4 is 34.0 Å². The summed E-state index contributed by atoms with van der Waals surface area (Å²) in [4.78, 5) is 1.91. The van der Waals surface area contributed by atoms with Crippen LogP contribution in [0.1, 0.15) is 40.2 Å². The van der Waals surface area contributed by atoms with Crippen molar-refractivity contribution in [2.45, 2.75) is 52.4 Å². The number of nitrogens with zero attached hydrogens (tertiary/aromatic N) is 1. The summed E-state index contributed by atoms with van der Waals surface area (Å²) in [6.07, 6.45) is 0. The number of hydrogen-bond acceptors (Lipinski definition) is 5. The maximum Gasteiger partial charge on any atom is 0.494 e. The van der Waals surface area contributed by atoms with Crippen molar-refractivity contribution in [1.29, 1.82) is 0 Å². The molecule has 0 aromatic heterocycles. The molecule has 2 aromatic carbocycles. The molecule has 3 rings (SSSR count). The molecule has 168 valence electrons. The number of hydrogen-bond donors (Lipinski definition) is 1. The van der Waals surface area contributed by atoms with E-state index in [0.717, 1.165) is 11.0 Å². The smallest absolute Gasteiger partial charge is 0.399 e. The van der Waals surface area contributed by atoms with Crippen LogP contribution in [0.2, 0.25) is 0 Å². The maximum atomic E-state index is 13.3. The Morgan fingerprint density at radius 1 is 1.03 bits per heavy atom. The van der Waals surface area contributed by atoms with E-state index in [9.17, 15) is 12.8 Å². The molecule has 0 unspecified atom stereocenters. The van der Waals surface area contributed by atoms with Gasteiger partial charge in [0, 0.05) is 13.6 Å². The average molecular weight is 448 g/mol. The molecular formula is C22H30BFN2O4S. The normalized spacial score (nSPS) is 17.6. The van der Waals surface area contributed by atoms with Crippen LogP contribution >= 0.6 is 0 Å². The Balaban J connectivity index is 1.96. The molecule has 1 fully saturated rings. The fourth-order valence-corrected chi connectivity index (χ4v) is 3.92. The molecule has 0 aliphatic carbocycles. The van der Waals surface area contributed by atoms with Crippen molar-refractivity contribution in [2.75, 3.05) is 22.4 Å². The highest BCUT2D eigenvalue weighted by Gasteiger charge is 2.51. The van der Waals surface area contributed by atoms with Crippen molar-refractivity contribution in [2.24, 2.45) is 0 Å². The van der Waals surface area contributed by atoms with Crippen molar-refractivity contribution in [3.63, 3.8) is 0 Å². The minimum absolute atomic E-state index is 0.0346. The van der Waals surface area contributed by atoms with E-state index in [1.54, 1.807) is 25.1 Å². The van der Waals surface area contributed by atoms with Crippen molar-refractivity contribution in [1.82, 2.24) is 0 Å². The third kappa shape index (κ3) is 5.22. The highest BCUT2D eigenvalue weighted by molar-refractivity contribution is 7.92. The van der Waals surface area contributed by atoms with Crippen LogP contribution in [0.25, 0.3) is 0 Å². The molecule has 0 bridgehead atoms. The van der Waals surface area contributed by atoms with Crippen molar-refractivity contribution < 1.29 is 22.1 Å². The first-order chi connectivity index (χ1) is 14.3. The van der Waals surface area contributed by atoms with E-state index >= 15 is 0 Å². The molecule has 2 aromatic rings. The van der Waals surface area contributed by atoms with Crippen LogP contribution < -0.4 is 15.1 Å². The number of nitrogens with one attached hydrogen (secondary N) is 1. The first-order valence-electron chi connectivity index (χ1n) is 10.3. The van der Waals surface area contributed by atoms with E-state index in [4.69, 9.17) is 9.31 Å². The molecule has 9 heteroatoms. The third-order valence-electron chi connectivity index (χ3n) is 5.94. The lowest BCUT2D eigenvalue weighted by Crippen LogP contribution is -2.41. The fourth-order valence-electron chi connectivity index (χ4n) is 3.27. The fraction of sp³-hybridized carbons (Fsp3) is 0.455. The van der Waals surface area contributed by atoms with Gasteiger partial charge >= 0.3 is 7.12 Å². The van der Waals surface area contributed by atoms with E-state index in [2.05, 4.69) is 4.72 Å². The second-order valence-electron chi connectivity index (χ2n) is 8.85. The lowest BCUT2D eigenvalue weighted by atomic mass is 9.78. The summed E-state index contributed by atoms with van der Waals surface area (Å²) in [5.74, 6) is -0.335. The Labute approximate surface area is 184 Å². The van der Waals surface area contributed by atoms with Crippen molar-refractivity contribution in [3.05, 3.63) is 53.8 Å². The lowest BCUT2D eigenvalue weighted by molar-refractivity contribution is 0.00578. The first kappa shape index (κ1) is 23.6. The van der Waals surface area contributed by atoms with E-state index in [-0.39, 0.29) is 11.6 Å². The van der Waals surface area contributed by atoms with Gasteiger partial charge < -0.3 is 14.2 Å². The van der Waals surface area contributed by atoms with Gasteiger partial charge in [-0.25, -0.2) is 12.8 Å². The van der Waals surface area contributed by atoms with Gasteiger partial charge in [0.1, 0.15) is 5.82 Å². The monoisotopic (exact) mass is 448 g/mol. The van der Waals surface area contributed by atoms with Crippen LogP contribution in [0, 0.1) is 5.82 Å². The SMILES string of the molecule is CCS(=O)(=O)Nc1ccc(B2OC(C)(C)C(C)(C)O2)cc1N(C)Cc1ccc(F)cc1. The molecular weight excluding hydrogens is 418 g/mol. The molecule has 1 aliphatic heterocycles. The molecule has 1 aliphatic rings. The molecule has 0 atom stereocenters. The van der Waals surface area contributed by atoms with E-state index < -0.39 is 28.3 Å². The van der Waals surface area contributed by atoms with Gasteiger partial charge in [0.25, 0.3) is 0 Å². The Hall–Kier alpha value is -2.10. The van der Waals surface area contributed by atoms with E-state index in [0.29, 0.717) is 17.9 Å². The number of sulfonamides is 1. The van der Waals surface area contributed by atoms with Gasteiger partial charge in [0.15, 0.2) is 0 Å². The number of anilines is 2. The minimum Gasteiger partial charge on any atom is -0.399 e. The van der Waals surface area contributed by atoms with Gasteiger partial charge in [0.05, 0.1) is 28.3 Å².